The summed E-state index contributed by atoms with van der Waals surface area (Å²) in [5.41, 5.74) is 5.44. The Balaban J connectivity index is 2.53. The summed E-state index contributed by atoms with van der Waals surface area (Å²) < 4.78 is 7.69. The second-order valence-corrected chi connectivity index (χ2v) is 5.65. The van der Waals surface area contributed by atoms with Crippen molar-refractivity contribution in [3.63, 3.8) is 0 Å². The van der Waals surface area contributed by atoms with E-state index in [1.54, 1.807) is 7.11 Å². The van der Waals surface area contributed by atoms with Crippen molar-refractivity contribution in [2.24, 2.45) is 5.73 Å². The SMILES string of the molecule is COc1ccc([Te]CCN)cc1. The van der Waals surface area contributed by atoms with Crippen LogP contribution in [0, 0.1) is 0 Å². The minimum atomic E-state index is -0.0406. The first-order valence-electron chi connectivity index (χ1n) is 3.83. The zero-order valence-corrected chi connectivity index (χ0v) is 9.45. The number of benzene rings is 1. The Bertz CT molecular complexity index is 222. The van der Waals surface area contributed by atoms with Crippen LogP contribution in [0.15, 0.2) is 24.3 Å². The molecule has 12 heavy (non-hydrogen) atoms. The molecule has 0 saturated heterocycles. The van der Waals surface area contributed by atoms with Crippen LogP contribution in [0.3, 0.4) is 0 Å². The van der Waals surface area contributed by atoms with Crippen LogP contribution in [0.2, 0.25) is 4.47 Å². The van der Waals surface area contributed by atoms with Crippen LogP contribution in [-0.2, 0) is 0 Å². The van der Waals surface area contributed by atoms with Gasteiger partial charge < -0.3 is 0 Å². The molecule has 0 atom stereocenters. The van der Waals surface area contributed by atoms with Crippen molar-refractivity contribution in [1.29, 1.82) is 0 Å². The third kappa shape index (κ3) is 3.02. The molecule has 0 aliphatic rings. The molecule has 0 unspecified atom stereocenters. The average molecular weight is 279 g/mol. The minimum absolute atomic E-state index is 0.0406. The van der Waals surface area contributed by atoms with E-state index in [9.17, 15) is 0 Å². The Morgan fingerprint density at radius 2 is 2.00 bits per heavy atom. The summed E-state index contributed by atoms with van der Waals surface area (Å²) in [5.74, 6) is 0.930. The van der Waals surface area contributed by atoms with Crippen molar-refractivity contribution in [2.75, 3.05) is 13.7 Å². The van der Waals surface area contributed by atoms with Gasteiger partial charge in [-0.05, 0) is 0 Å². The van der Waals surface area contributed by atoms with Crippen molar-refractivity contribution in [2.45, 2.75) is 4.47 Å². The monoisotopic (exact) mass is 281 g/mol. The summed E-state index contributed by atoms with van der Waals surface area (Å²) in [4.78, 5) is 0. The van der Waals surface area contributed by atoms with Gasteiger partial charge in [-0.1, -0.05) is 0 Å². The summed E-state index contributed by atoms with van der Waals surface area (Å²) in [6, 6.07) is 8.29. The van der Waals surface area contributed by atoms with Crippen LogP contribution in [0.4, 0.5) is 0 Å². The summed E-state index contributed by atoms with van der Waals surface area (Å²) in [5, 5.41) is 0. The van der Waals surface area contributed by atoms with Gasteiger partial charge in [0.2, 0.25) is 0 Å². The van der Waals surface area contributed by atoms with E-state index in [1.165, 1.54) is 8.08 Å². The second kappa shape index (κ2) is 5.42. The van der Waals surface area contributed by atoms with E-state index in [0.717, 1.165) is 12.3 Å². The van der Waals surface area contributed by atoms with Crippen LogP contribution in [0.25, 0.3) is 0 Å². The first-order chi connectivity index (χ1) is 5.86. The van der Waals surface area contributed by atoms with Crippen molar-refractivity contribution in [1.82, 2.24) is 0 Å². The van der Waals surface area contributed by atoms with Crippen LogP contribution >= 0.6 is 0 Å². The van der Waals surface area contributed by atoms with Crippen molar-refractivity contribution >= 4 is 24.5 Å². The topological polar surface area (TPSA) is 35.2 Å². The third-order valence-electron chi connectivity index (χ3n) is 1.45. The Morgan fingerprint density at radius 3 is 2.50 bits per heavy atom. The molecule has 0 amide bonds. The van der Waals surface area contributed by atoms with E-state index in [-0.39, 0.29) is 20.9 Å². The molecule has 0 saturated carbocycles. The predicted molar refractivity (Wildman–Crippen MR) is 52.2 cm³/mol. The Morgan fingerprint density at radius 1 is 1.33 bits per heavy atom. The number of ether oxygens (including phenoxy) is 1. The van der Waals surface area contributed by atoms with Gasteiger partial charge in [0, 0.05) is 0 Å². The molecule has 0 aromatic heterocycles. The molecule has 0 heterocycles. The first-order valence-corrected chi connectivity index (χ1v) is 6.65. The summed E-state index contributed by atoms with van der Waals surface area (Å²) in [6.07, 6.45) is 0. The van der Waals surface area contributed by atoms with Gasteiger partial charge in [0.05, 0.1) is 0 Å². The normalized spacial score (nSPS) is 9.83. The molecule has 0 aliphatic heterocycles. The number of nitrogens with two attached hydrogens (primary N) is 1. The molecule has 0 radical (unpaired) electrons. The Labute approximate surface area is 83.2 Å². The van der Waals surface area contributed by atoms with Gasteiger partial charge in [-0.2, -0.15) is 0 Å². The average Bonchev–Trinajstić information content (AvgIpc) is 2.15. The fourth-order valence-electron chi connectivity index (χ4n) is 0.849. The maximum absolute atomic E-state index is 5.44. The van der Waals surface area contributed by atoms with Crippen molar-refractivity contribution < 1.29 is 4.74 Å². The molecular formula is C9H13NOTe. The number of methoxy groups -OCH3 is 1. The van der Waals surface area contributed by atoms with Gasteiger partial charge in [-0.3, -0.25) is 0 Å². The van der Waals surface area contributed by atoms with E-state index in [4.69, 9.17) is 10.5 Å². The number of hydrogen-bond acceptors (Lipinski definition) is 2. The van der Waals surface area contributed by atoms with Crippen LogP contribution < -0.4 is 14.1 Å². The van der Waals surface area contributed by atoms with E-state index < -0.39 is 0 Å². The zero-order chi connectivity index (χ0) is 8.81. The van der Waals surface area contributed by atoms with Gasteiger partial charge in [-0.25, -0.2) is 0 Å². The number of rotatable bonds is 4. The third-order valence-corrected chi connectivity index (χ3v) is 4.43. The molecule has 0 fully saturated rings. The van der Waals surface area contributed by atoms with Gasteiger partial charge in [0.15, 0.2) is 0 Å². The van der Waals surface area contributed by atoms with E-state index in [2.05, 4.69) is 12.1 Å². The molecule has 2 N–H and O–H groups in total. The standard InChI is InChI=1S/C9H13NOTe/c1-11-8-2-4-9(5-3-8)12-7-6-10/h2-5H,6-7,10H2,1H3. The molecule has 0 aliphatic carbocycles. The van der Waals surface area contributed by atoms with Crippen LogP contribution in [0.5, 0.6) is 5.75 Å². The molecule has 0 bridgehead atoms. The van der Waals surface area contributed by atoms with E-state index in [1.807, 2.05) is 12.1 Å². The molecule has 2 nitrogen and oxygen atoms in total. The van der Waals surface area contributed by atoms with Crippen LogP contribution in [0.1, 0.15) is 0 Å². The molecule has 0 spiro atoms. The molecular weight excluding hydrogens is 266 g/mol. The summed E-state index contributed by atoms with van der Waals surface area (Å²) in [6.45, 7) is 0.814. The van der Waals surface area contributed by atoms with Gasteiger partial charge in [-0.15, -0.1) is 0 Å². The first kappa shape index (κ1) is 9.85. The maximum atomic E-state index is 5.44. The fraction of sp³-hybridized carbons (Fsp3) is 0.333. The zero-order valence-electron chi connectivity index (χ0n) is 7.12. The molecule has 66 valence electrons. The molecule has 1 aromatic carbocycles. The van der Waals surface area contributed by atoms with Gasteiger partial charge in [0.25, 0.3) is 0 Å². The summed E-state index contributed by atoms with van der Waals surface area (Å²) >= 11 is -0.0406. The molecule has 1 aromatic rings. The van der Waals surface area contributed by atoms with Crippen LogP contribution in [-0.4, -0.2) is 34.6 Å². The second-order valence-electron chi connectivity index (χ2n) is 2.31. The number of hydrogen-bond donors (Lipinski definition) is 1. The van der Waals surface area contributed by atoms with E-state index >= 15 is 0 Å². The predicted octanol–water partition coefficient (Wildman–Crippen LogP) is 0.402. The Hall–Kier alpha value is -0.230. The Kier molecular flexibility index (Phi) is 4.45. The van der Waals surface area contributed by atoms with Gasteiger partial charge >= 0.3 is 83.1 Å². The quantitative estimate of drug-likeness (QED) is 0.810. The molecule has 3 heteroatoms. The van der Waals surface area contributed by atoms with Crippen molar-refractivity contribution in [3.8, 4) is 5.75 Å². The fourth-order valence-corrected chi connectivity index (χ4v) is 2.80. The molecule has 1 rings (SSSR count). The van der Waals surface area contributed by atoms with E-state index in [0.29, 0.717) is 0 Å². The van der Waals surface area contributed by atoms with Crippen molar-refractivity contribution in [3.05, 3.63) is 24.3 Å². The van der Waals surface area contributed by atoms with Gasteiger partial charge in [0.1, 0.15) is 0 Å². The summed E-state index contributed by atoms with van der Waals surface area (Å²) in [7, 11) is 1.69.